The fourth-order valence-electron chi connectivity index (χ4n) is 1.12. The summed E-state index contributed by atoms with van der Waals surface area (Å²) in [6.07, 6.45) is 3.33. The summed E-state index contributed by atoms with van der Waals surface area (Å²) in [4.78, 5) is 23.6. The van der Waals surface area contributed by atoms with E-state index in [1.807, 2.05) is 55.4 Å². The van der Waals surface area contributed by atoms with Crippen molar-refractivity contribution in [2.75, 3.05) is 0 Å². The fourth-order valence-corrected chi connectivity index (χ4v) is 9.63. The van der Waals surface area contributed by atoms with Crippen molar-refractivity contribution in [3.05, 3.63) is 19.4 Å². The van der Waals surface area contributed by atoms with Gasteiger partial charge < -0.3 is 0 Å². The summed E-state index contributed by atoms with van der Waals surface area (Å²) in [5, 5.41) is 0. The first-order chi connectivity index (χ1) is 10.8. The number of hydrogen-bond acceptors (Lipinski definition) is 2. The summed E-state index contributed by atoms with van der Waals surface area (Å²) < 4.78 is 2.30. The molecular formula is C20H26O2Te2. The maximum absolute atomic E-state index is 11.8. The normalized spacial score (nSPS) is 12.7. The van der Waals surface area contributed by atoms with Crippen LogP contribution in [0.2, 0.25) is 0 Å². The molecule has 0 aromatic rings. The van der Waals surface area contributed by atoms with Crippen LogP contribution in [0.5, 0.6) is 0 Å². The van der Waals surface area contributed by atoms with Crippen LogP contribution in [0.15, 0.2) is 19.4 Å². The third-order valence-corrected chi connectivity index (χ3v) is 16.2. The van der Waals surface area contributed by atoms with E-state index in [-0.39, 0.29) is 56.5 Å². The topological polar surface area (TPSA) is 34.1 Å². The third-order valence-electron chi connectivity index (χ3n) is 2.09. The van der Waals surface area contributed by atoms with Gasteiger partial charge in [0.1, 0.15) is 0 Å². The first kappa shape index (κ1) is 23.5. The molecule has 130 valence electrons. The van der Waals surface area contributed by atoms with E-state index in [1.54, 1.807) is 12.2 Å². The van der Waals surface area contributed by atoms with Gasteiger partial charge in [-0.2, -0.15) is 0 Å². The molecule has 0 heterocycles. The monoisotopic (exact) mass is 558 g/mol. The van der Waals surface area contributed by atoms with Gasteiger partial charge >= 0.3 is 165 Å². The minimum absolute atomic E-state index is 0.117. The van der Waals surface area contributed by atoms with Gasteiger partial charge in [-0.25, -0.2) is 0 Å². The average Bonchev–Trinajstić information content (AvgIpc) is 2.39. The van der Waals surface area contributed by atoms with Crippen molar-refractivity contribution in [1.29, 1.82) is 0 Å². The van der Waals surface area contributed by atoms with E-state index in [0.717, 1.165) is 7.24 Å². The minimum atomic E-state index is -0.372. The van der Waals surface area contributed by atoms with E-state index in [2.05, 4.69) is 23.7 Å². The molecule has 0 aliphatic carbocycles. The van der Waals surface area contributed by atoms with Crippen molar-refractivity contribution in [2.24, 2.45) is 10.8 Å². The Morgan fingerprint density at radius 3 is 1.25 bits per heavy atom. The molecule has 0 amide bonds. The average molecular weight is 554 g/mol. The van der Waals surface area contributed by atoms with Crippen molar-refractivity contribution >= 4 is 45.7 Å². The van der Waals surface area contributed by atoms with E-state index in [9.17, 15) is 9.59 Å². The standard InChI is InChI=1S/C20H26O2Te2/c1-15(13-17(21)9-11-19(3,4)5)23-24-16(2)14-18(22)10-12-20(6,7)8/h13-14H,1-8H3/b15-13+,16-14+. The first-order valence-corrected chi connectivity index (χ1v) is 17.3. The van der Waals surface area contributed by atoms with Gasteiger partial charge in [-0.1, -0.05) is 0 Å². The molecule has 2 nitrogen and oxygen atoms in total. The Morgan fingerprint density at radius 1 is 0.708 bits per heavy atom. The van der Waals surface area contributed by atoms with E-state index >= 15 is 0 Å². The van der Waals surface area contributed by atoms with Crippen LogP contribution in [0.4, 0.5) is 0 Å². The Labute approximate surface area is 163 Å². The molecule has 0 aliphatic rings. The fraction of sp³-hybridized carbons (Fsp3) is 0.500. The number of carbonyl (C=O) groups excluding carboxylic acids is 2. The zero-order valence-electron chi connectivity index (χ0n) is 15.8. The van der Waals surface area contributed by atoms with Gasteiger partial charge in [0.05, 0.1) is 0 Å². The number of hydrogen-bond donors (Lipinski definition) is 0. The molecule has 0 aromatic carbocycles. The maximum atomic E-state index is 11.8. The van der Waals surface area contributed by atoms with Crippen LogP contribution in [0, 0.1) is 34.5 Å². The third kappa shape index (κ3) is 15.1. The predicted molar refractivity (Wildman–Crippen MR) is 103 cm³/mol. The van der Waals surface area contributed by atoms with Crippen LogP contribution in [0.25, 0.3) is 0 Å². The Balaban J connectivity index is 4.65. The predicted octanol–water partition coefficient (Wildman–Crippen LogP) is 3.35. The van der Waals surface area contributed by atoms with Crippen molar-refractivity contribution in [2.45, 2.75) is 55.4 Å². The molecule has 0 fully saturated rings. The van der Waals surface area contributed by atoms with Crippen LogP contribution in [-0.2, 0) is 9.59 Å². The second kappa shape index (κ2) is 10.5. The summed E-state index contributed by atoms with van der Waals surface area (Å²) in [7, 11) is 0. The number of carbonyl (C=O) groups is 2. The number of allylic oxidation sites excluding steroid dienone is 4. The van der Waals surface area contributed by atoms with Gasteiger partial charge in [0.2, 0.25) is 0 Å². The zero-order valence-corrected chi connectivity index (χ0v) is 20.4. The second-order valence-electron chi connectivity index (χ2n) is 7.41. The van der Waals surface area contributed by atoms with Crippen molar-refractivity contribution in [3.63, 3.8) is 0 Å². The molecule has 0 saturated carbocycles. The van der Waals surface area contributed by atoms with Crippen molar-refractivity contribution in [3.8, 4) is 23.7 Å². The molecule has 0 aliphatic heterocycles. The Bertz CT molecular complexity index is 601. The molecule has 0 unspecified atom stereocenters. The molecule has 4 heteroatoms. The van der Waals surface area contributed by atoms with Crippen LogP contribution < -0.4 is 0 Å². The SMILES string of the molecule is C/C(=C\C(=O)C#CC(C)(C)C)[Te][Te]/C(C)=C/C(=O)C#CC(C)(C)C. The van der Waals surface area contributed by atoms with E-state index in [4.69, 9.17) is 0 Å². The second-order valence-corrected chi connectivity index (χ2v) is 18.4. The van der Waals surface area contributed by atoms with Gasteiger partial charge in [0.25, 0.3) is 0 Å². The summed E-state index contributed by atoms with van der Waals surface area (Å²) in [6, 6.07) is 0. The molecule has 0 N–H and O–H groups in total. The Kier molecular flexibility index (Phi) is 10.3. The summed E-state index contributed by atoms with van der Waals surface area (Å²) >= 11 is -0.744. The van der Waals surface area contributed by atoms with Crippen molar-refractivity contribution < 1.29 is 9.59 Å². The molecule has 0 radical (unpaired) electrons. The number of rotatable bonds is 5. The van der Waals surface area contributed by atoms with Gasteiger partial charge in [-0.15, -0.1) is 0 Å². The van der Waals surface area contributed by atoms with Crippen LogP contribution in [-0.4, -0.2) is 45.7 Å². The van der Waals surface area contributed by atoms with E-state index in [0.29, 0.717) is 0 Å². The van der Waals surface area contributed by atoms with Crippen LogP contribution >= 0.6 is 0 Å². The van der Waals surface area contributed by atoms with E-state index in [1.165, 1.54) is 0 Å². The molecule has 24 heavy (non-hydrogen) atoms. The Hall–Kier alpha value is -0.481. The van der Waals surface area contributed by atoms with Gasteiger partial charge in [-0.3, -0.25) is 0 Å². The molecule has 0 spiro atoms. The zero-order chi connectivity index (χ0) is 19.0. The molecular weight excluding hydrogens is 527 g/mol. The molecule has 0 rings (SSSR count). The summed E-state index contributed by atoms with van der Waals surface area (Å²) in [5.74, 6) is 11.0. The van der Waals surface area contributed by atoms with Gasteiger partial charge in [-0.05, 0) is 0 Å². The molecule has 0 aromatic heterocycles. The van der Waals surface area contributed by atoms with Crippen molar-refractivity contribution in [1.82, 2.24) is 0 Å². The molecule has 0 bridgehead atoms. The quantitative estimate of drug-likeness (QED) is 0.227. The van der Waals surface area contributed by atoms with E-state index < -0.39 is 0 Å². The van der Waals surface area contributed by atoms with Crippen LogP contribution in [0.1, 0.15) is 55.4 Å². The molecule has 0 saturated heterocycles. The molecule has 0 atom stereocenters. The first-order valence-electron chi connectivity index (χ1n) is 7.64. The summed E-state index contributed by atoms with van der Waals surface area (Å²) in [5.41, 5.74) is -0.313. The Morgan fingerprint density at radius 2 is 1.00 bits per heavy atom. The van der Waals surface area contributed by atoms with Gasteiger partial charge in [0, 0.05) is 0 Å². The number of ketones is 2. The van der Waals surface area contributed by atoms with Gasteiger partial charge in [0.15, 0.2) is 0 Å². The summed E-state index contributed by atoms with van der Waals surface area (Å²) in [6.45, 7) is 15.9. The van der Waals surface area contributed by atoms with Crippen LogP contribution in [0.3, 0.4) is 0 Å².